The highest BCUT2D eigenvalue weighted by Gasteiger charge is 2.15. The zero-order valence-electron chi connectivity index (χ0n) is 13.6. The first-order chi connectivity index (χ1) is 11.5. The molecule has 128 valence electrons. The number of ether oxygens (including phenoxy) is 1. The van der Waals surface area contributed by atoms with Gasteiger partial charge in [0.25, 0.3) is 5.91 Å². The van der Waals surface area contributed by atoms with Crippen LogP contribution in [0.3, 0.4) is 0 Å². The minimum atomic E-state index is -0.190. The molecule has 0 bridgehead atoms. The second-order valence-electron chi connectivity index (χ2n) is 5.45. The van der Waals surface area contributed by atoms with Gasteiger partial charge in [-0.2, -0.15) is 0 Å². The fourth-order valence-electron chi connectivity index (χ4n) is 2.00. The summed E-state index contributed by atoms with van der Waals surface area (Å²) < 4.78 is 7.52. The van der Waals surface area contributed by atoms with Crippen LogP contribution in [0, 0.1) is 0 Å². The number of carbonyl (C=O) groups excluding carboxylic acids is 1. The number of benzene rings is 1. The average molecular weight is 457 g/mol. The zero-order chi connectivity index (χ0) is 17.5. The standard InChI is InChI=1S/C17H19Br2N3O2/c1-22(2)10-4-9-20-16(23)13-5-3-8-21-17(13)24-15-7-6-12(18)11-14(15)19/h3,5-8,11H,4,9-10H2,1-2H3,(H,20,23). The highest BCUT2D eigenvalue weighted by atomic mass is 79.9. The number of amides is 1. The molecule has 24 heavy (non-hydrogen) atoms. The normalized spacial score (nSPS) is 10.7. The van der Waals surface area contributed by atoms with Crippen LogP contribution < -0.4 is 10.1 Å². The summed E-state index contributed by atoms with van der Waals surface area (Å²) >= 11 is 6.84. The van der Waals surface area contributed by atoms with Crippen LogP contribution >= 0.6 is 31.9 Å². The monoisotopic (exact) mass is 455 g/mol. The molecule has 0 atom stereocenters. The molecule has 2 aromatic rings. The molecule has 2 rings (SSSR count). The molecule has 0 radical (unpaired) electrons. The van der Waals surface area contributed by atoms with E-state index in [4.69, 9.17) is 4.74 Å². The third-order valence-corrected chi connectivity index (χ3v) is 4.30. The molecular formula is C17H19Br2N3O2. The second-order valence-corrected chi connectivity index (χ2v) is 7.22. The predicted molar refractivity (Wildman–Crippen MR) is 102 cm³/mol. The number of aromatic nitrogens is 1. The number of nitrogens with zero attached hydrogens (tertiary/aromatic N) is 2. The SMILES string of the molecule is CN(C)CCCNC(=O)c1cccnc1Oc1ccc(Br)cc1Br. The van der Waals surface area contributed by atoms with E-state index in [9.17, 15) is 4.79 Å². The molecule has 0 aliphatic heterocycles. The van der Waals surface area contributed by atoms with Crippen molar-refractivity contribution in [1.82, 2.24) is 15.2 Å². The topological polar surface area (TPSA) is 54.5 Å². The van der Waals surface area contributed by atoms with Gasteiger partial charge >= 0.3 is 0 Å². The van der Waals surface area contributed by atoms with Crippen molar-refractivity contribution in [3.05, 3.63) is 51.0 Å². The lowest BCUT2D eigenvalue weighted by atomic mass is 10.2. The van der Waals surface area contributed by atoms with Crippen LogP contribution in [0.4, 0.5) is 0 Å². The third-order valence-electron chi connectivity index (χ3n) is 3.18. The van der Waals surface area contributed by atoms with Gasteiger partial charge in [0.15, 0.2) is 0 Å². The lowest BCUT2D eigenvalue weighted by molar-refractivity contribution is 0.0949. The summed E-state index contributed by atoms with van der Waals surface area (Å²) in [4.78, 5) is 18.6. The van der Waals surface area contributed by atoms with Crippen molar-refractivity contribution in [3.63, 3.8) is 0 Å². The Hall–Kier alpha value is -1.44. The third kappa shape index (κ3) is 5.58. The lowest BCUT2D eigenvalue weighted by Gasteiger charge is -2.12. The van der Waals surface area contributed by atoms with Gasteiger partial charge in [-0.05, 0) is 73.3 Å². The molecule has 1 aromatic carbocycles. The van der Waals surface area contributed by atoms with E-state index in [-0.39, 0.29) is 11.8 Å². The van der Waals surface area contributed by atoms with Crippen molar-refractivity contribution >= 4 is 37.8 Å². The second kappa shape index (κ2) is 9.15. The van der Waals surface area contributed by atoms with Gasteiger partial charge < -0.3 is 15.0 Å². The van der Waals surface area contributed by atoms with Gasteiger partial charge in [0.2, 0.25) is 5.88 Å². The van der Waals surface area contributed by atoms with Crippen molar-refractivity contribution in [2.45, 2.75) is 6.42 Å². The highest BCUT2D eigenvalue weighted by molar-refractivity contribution is 9.11. The van der Waals surface area contributed by atoms with Crippen LogP contribution in [-0.2, 0) is 0 Å². The maximum absolute atomic E-state index is 12.4. The van der Waals surface area contributed by atoms with Gasteiger partial charge in [-0.1, -0.05) is 15.9 Å². The first-order valence-electron chi connectivity index (χ1n) is 7.48. The van der Waals surface area contributed by atoms with Crippen molar-refractivity contribution < 1.29 is 9.53 Å². The molecule has 1 N–H and O–H groups in total. The van der Waals surface area contributed by atoms with Crippen LogP contribution in [0.25, 0.3) is 0 Å². The fraction of sp³-hybridized carbons (Fsp3) is 0.294. The van der Waals surface area contributed by atoms with E-state index >= 15 is 0 Å². The number of rotatable bonds is 7. The molecule has 0 fully saturated rings. The van der Waals surface area contributed by atoms with E-state index in [2.05, 4.69) is 47.1 Å². The molecule has 0 unspecified atom stereocenters. The summed E-state index contributed by atoms with van der Waals surface area (Å²) in [7, 11) is 4.01. The summed E-state index contributed by atoms with van der Waals surface area (Å²) in [5, 5.41) is 2.90. The predicted octanol–water partition coefficient (Wildman–Crippen LogP) is 4.08. The summed E-state index contributed by atoms with van der Waals surface area (Å²) in [6, 6.07) is 8.97. The molecule has 1 aromatic heterocycles. The number of halogens is 2. The Bertz CT molecular complexity index is 708. The number of pyridine rings is 1. The van der Waals surface area contributed by atoms with Crippen molar-refractivity contribution in [2.24, 2.45) is 0 Å². The molecule has 0 spiro atoms. The molecular weight excluding hydrogens is 438 g/mol. The van der Waals surface area contributed by atoms with Crippen LogP contribution in [0.15, 0.2) is 45.5 Å². The summed E-state index contributed by atoms with van der Waals surface area (Å²) in [5.41, 5.74) is 0.414. The maximum Gasteiger partial charge on any atom is 0.256 e. The minimum absolute atomic E-state index is 0.190. The number of carbonyl (C=O) groups is 1. The van der Waals surface area contributed by atoms with E-state index in [0.717, 1.165) is 21.9 Å². The van der Waals surface area contributed by atoms with Crippen molar-refractivity contribution in [1.29, 1.82) is 0 Å². The summed E-state index contributed by atoms with van der Waals surface area (Å²) in [5.74, 6) is 0.689. The Morgan fingerprint density at radius 2 is 2.08 bits per heavy atom. The highest BCUT2D eigenvalue weighted by Crippen LogP contribution is 2.32. The van der Waals surface area contributed by atoms with Gasteiger partial charge in [-0.3, -0.25) is 4.79 Å². The Morgan fingerprint density at radius 1 is 1.29 bits per heavy atom. The first kappa shape index (κ1) is 18.9. The molecule has 0 aliphatic carbocycles. The summed E-state index contributed by atoms with van der Waals surface area (Å²) in [6.45, 7) is 1.52. The van der Waals surface area contributed by atoms with Crippen molar-refractivity contribution in [3.8, 4) is 11.6 Å². The Balaban J connectivity index is 2.08. The van der Waals surface area contributed by atoms with E-state index < -0.39 is 0 Å². The number of hydrogen-bond donors (Lipinski definition) is 1. The minimum Gasteiger partial charge on any atom is -0.437 e. The smallest absolute Gasteiger partial charge is 0.256 e. The molecule has 0 aliphatic rings. The largest absolute Gasteiger partial charge is 0.437 e. The van der Waals surface area contributed by atoms with Gasteiger partial charge in [0.1, 0.15) is 11.3 Å². The van der Waals surface area contributed by atoms with Crippen LogP contribution in [0.2, 0.25) is 0 Å². The molecule has 0 saturated carbocycles. The van der Waals surface area contributed by atoms with Crippen LogP contribution in [-0.4, -0.2) is 43.0 Å². The van der Waals surface area contributed by atoms with Gasteiger partial charge in [0, 0.05) is 17.2 Å². The fourth-order valence-corrected chi connectivity index (χ4v) is 3.13. The summed E-state index contributed by atoms with van der Waals surface area (Å²) in [6.07, 6.45) is 2.48. The molecule has 1 heterocycles. The first-order valence-corrected chi connectivity index (χ1v) is 9.07. The quantitative estimate of drug-likeness (QED) is 0.637. The lowest BCUT2D eigenvalue weighted by Crippen LogP contribution is -2.27. The Morgan fingerprint density at radius 3 is 2.79 bits per heavy atom. The Kier molecular flexibility index (Phi) is 7.20. The van der Waals surface area contributed by atoms with E-state index in [1.165, 1.54) is 0 Å². The Labute approximate surface area is 158 Å². The number of nitrogens with one attached hydrogen (secondary N) is 1. The van der Waals surface area contributed by atoms with E-state index in [1.54, 1.807) is 18.3 Å². The molecule has 5 nitrogen and oxygen atoms in total. The number of hydrogen-bond acceptors (Lipinski definition) is 4. The van der Waals surface area contributed by atoms with Gasteiger partial charge in [-0.25, -0.2) is 4.98 Å². The van der Waals surface area contributed by atoms with Crippen LogP contribution in [0.5, 0.6) is 11.6 Å². The van der Waals surface area contributed by atoms with E-state index in [1.807, 2.05) is 32.3 Å². The zero-order valence-corrected chi connectivity index (χ0v) is 16.7. The molecule has 1 amide bonds. The molecule has 0 saturated heterocycles. The average Bonchev–Trinajstić information content (AvgIpc) is 2.54. The van der Waals surface area contributed by atoms with Crippen LogP contribution in [0.1, 0.15) is 16.8 Å². The maximum atomic E-state index is 12.4. The van der Waals surface area contributed by atoms with E-state index in [0.29, 0.717) is 17.9 Å². The van der Waals surface area contributed by atoms with Gasteiger partial charge in [-0.15, -0.1) is 0 Å². The molecule has 7 heteroatoms. The van der Waals surface area contributed by atoms with Crippen molar-refractivity contribution in [2.75, 3.05) is 27.2 Å². The van der Waals surface area contributed by atoms with Gasteiger partial charge in [0.05, 0.1) is 4.47 Å².